The van der Waals surface area contributed by atoms with Crippen LogP contribution in [0.3, 0.4) is 0 Å². The SMILES string of the molecule is CCOC(=O)/C(C#N)=C\Nc1cccc(C(=O)OCC)c1. The second-order valence-electron chi connectivity index (χ2n) is 3.84. The number of nitrogens with one attached hydrogen (secondary N) is 1. The molecule has 0 aliphatic heterocycles. The molecule has 0 aliphatic rings. The molecule has 0 spiro atoms. The van der Waals surface area contributed by atoms with Crippen LogP contribution in [0.15, 0.2) is 36.0 Å². The maximum atomic E-state index is 11.6. The standard InChI is InChI=1S/C15H16N2O4/c1-3-20-14(18)11-6-5-7-13(8-11)17-10-12(9-16)15(19)21-4-2/h5-8,10,17H,3-4H2,1-2H3/b12-10-. The van der Waals surface area contributed by atoms with Crippen LogP contribution < -0.4 is 5.32 Å². The van der Waals surface area contributed by atoms with Gasteiger partial charge in [0.2, 0.25) is 0 Å². The lowest BCUT2D eigenvalue weighted by Gasteiger charge is -2.05. The third-order valence-electron chi connectivity index (χ3n) is 2.37. The zero-order chi connectivity index (χ0) is 15.7. The topological polar surface area (TPSA) is 88.4 Å². The van der Waals surface area contributed by atoms with Crippen molar-refractivity contribution >= 4 is 17.6 Å². The highest BCUT2D eigenvalue weighted by atomic mass is 16.5. The Balaban J connectivity index is 2.83. The molecule has 6 nitrogen and oxygen atoms in total. The maximum absolute atomic E-state index is 11.6. The molecule has 0 saturated heterocycles. The maximum Gasteiger partial charge on any atom is 0.350 e. The van der Waals surface area contributed by atoms with Gasteiger partial charge >= 0.3 is 11.9 Å². The Hall–Kier alpha value is -2.81. The highest BCUT2D eigenvalue weighted by Crippen LogP contribution is 2.12. The van der Waals surface area contributed by atoms with Crippen LogP contribution >= 0.6 is 0 Å². The largest absolute Gasteiger partial charge is 0.462 e. The Labute approximate surface area is 123 Å². The van der Waals surface area contributed by atoms with E-state index in [4.69, 9.17) is 14.7 Å². The molecule has 1 aromatic carbocycles. The minimum absolute atomic E-state index is 0.154. The van der Waals surface area contributed by atoms with Crippen molar-refractivity contribution in [1.29, 1.82) is 5.26 Å². The van der Waals surface area contributed by atoms with E-state index in [-0.39, 0.29) is 18.8 Å². The van der Waals surface area contributed by atoms with E-state index in [0.717, 1.165) is 0 Å². The number of carbonyl (C=O) groups is 2. The average molecular weight is 288 g/mol. The van der Waals surface area contributed by atoms with Crippen molar-refractivity contribution in [2.24, 2.45) is 0 Å². The number of nitriles is 1. The van der Waals surface area contributed by atoms with Crippen molar-refractivity contribution in [1.82, 2.24) is 0 Å². The molecule has 0 radical (unpaired) electrons. The molecule has 0 unspecified atom stereocenters. The number of hydrogen-bond acceptors (Lipinski definition) is 6. The van der Waals surface area contributed by atoms with Crippen LogP contribution in [0, 0.1) is 11.3 Å². The Morgan fingerprint density at radius 3 is 2.62 bits per heavy atom. The van der Waals surface area contributed by atoms with E-state index >= 15 is 0 Å². The molecule has 1 aromatic rings. The van der Waals surface area contributed by atoms with Gasteiger partial charge in [-0.05, 0) is 32.0 Å². The number of benzene rings is 1. The molecular formula is C15H16N2O4. The lowest BCUT2D eigenvalue weighted by atomic mass is 10.2. The van der Waals surface area contributed by atoms with E-state index in [9.17, 15) is 9.59 Å². The second-order valence-corrected chi connectivity index (χ2v) is 3.84. The van der Waals surface area contributed by atoms with Gasteiger partial charge in [0.15, 0.2) is 5.57 Å². The lowest BCUT2D eigenvalue weighted by molar-refractivity contribution is -0.138. The summed E-state index contributed by atoms with van der Waals surface area (Å²) in [5, 5.41) is 11.7. The van der Waals surface area contributed by atoms with Gasteiger partial charge in [0.1, 0.15) is 6.07 Å². The number of nitrogens with zero attached hydrogens (tertiary/aromatic N) is 1. The van der Waals surface area contributed by atoms with Crippen molar-refractivity contribution in [3.63, 3.8) is 0 Å². The van der Waals surface area contributed by atoms with Crippen molar-refractivity contribution in [2.75, 3.05) is 18.5 Å². The van der Waals surface area contributed by atoms with Crippen LogP contribution in [-0.4, -0.2) is 25.2 Å². The van der Waals surface area contributed by atoms with Gasteiger partial charge in [-0.1, -0.05) is 6.07 Å². The molecule has 0 amide bonds. The van der Waals surface area contributed by atoms with Gasteiger partial charge in [0.05, 0.1) is 18.8 Å². The summed E-state index contributed by atoms with van der Waals surface area (Å²) in [6, 6.07) is 8.28. The zero-order valence-corrected chi connectivity index (χ0v) is 11.9. The first kappa shape index (κ1) is 16.2. The predicted octanol–water partition coefficient (Wildman–Crippen LogP) is 2.25. The number of hydrogen-bond donors (Lipinski definition) is 1. The molecule has 110 valence electrons. The highest BCUT2D eigenvalue weighted by Gasteiger charge is 2.10. The number of rotatable bonds is 6. The molecule has 0 fully saturated rings. The molecule has 0 aromatic heterocycles. The van der Waals surface area contributed by atoms with Gasteiger partial charge in [-0.2, -0.15) is 5.26 Å². The zero-order valence-electron chi connectivity index (χ0n) is 11.9. The first-order valence-electron chi connectivity index (χ1n) is 6.43. The smallest absolute Gasteiger partial charge is 0.350 e. The van der Waals surface area contributed by atoms with Crippen LogP contribution in [0.25, 0.3) is 0 Å². The van der Waals surface area contributed by atoms with Gasteiger partial charge in [0, 0.05) is 11.9 Å². The molecule has 0 aliphatic carbocycles. The second kappa shape index (κ2) is 8.38. The third kappa shape index (κ3) is 4.99. The summed E-state index contributed by atoms with van der Waals surface area (Å²) in [6.07, 6.45) is 1.24. The van der Waals surface area contributed by atoms with E-state index in [0.29, 0.717) is 11.3 Å². The molecule has 1 N–H and O–H groups in total. The number of ether oxygens (including phenoxy) is 2. The van der Waals surface area contributed by atoms with Crippen molar-refractivity contribution < 1.29 is 19.1 Å². The fourth-order valence-electron chi connectivity index (χ4n) is 1.45. The van der Waals surface area contributed by atoms with Crippen LogP contribution in [-0.2, 0) is 14.3 Å². The molecule has 6 heteroatoms. The minimum Gasteiger partial charge on any atom is -0.462 e. The molecule has 21 heavy (non-hydrogen) atoms. The van der Waals surface area contributed by atoms with Gasteiger partial charge in [-0.3, -0.25) is 0 Å². The predicted molar refractivity (Wildman–Crippen MR) is 76.4 cm³/mol. The highest BCUT2D eigenvalue weighted by molar-refractivity contribution is 5.93. The Kier molecular flexibility index (Phi) is 6.48. The molecule has 0 bridgehead atoms. The number of carbonyl (C=O) groups excluding carboxylic acids is 2. The van der Waals surface area contributed by atoms with Crippen LogP contribution in [0.5, 0.6) is 0 Å². The summed E-state index contributed by atoms with van der Waals surface area (Å²) < 4.78 is 9.62. The molecule has 0 heterocycles. The summed E-state index contributed by atoms with van der Waals surface area (Å²) in [5.41, 5.74) is 0.779. The quantitative estimate of drug-likeness (QED) is 0.490. The minimum atomic E-state index is -0.700. The monoisotopic (exact) mass is 288 g/mol. The summed E-state index contributed by atoms with van der Waals surface area (Å²) in [6.45, 7) is 3.86. The number of anilines is 1. The molecule has 0 saturated carbocycles. The first-order valence-corrected chi connectivity index (χ1v) is 6.43. The van der Waals surface area contributed by atoms with Crippen molar-refractivity contribution in [3.8, 4) is 6.07 Å². The fourth-order valence-corrected chi connectivity index (χ4v) is 1.45. The summed E-state index contributed by atoms with van der Waals surface area (Å²) in [5.74, 6) is -1.13. The van der Waals surface area contributed by atoms with E-state index in [1.807, 2.05) is 0 Å². The third-order valence-corrected chi connectivity index (χ3v) is 2.37. The van der Waals surface area contributed by atoms with Gasteiger partial charge in [-0.25, -0.2) is 9.59 Å². The summed E-state index contributed by atoms with van der Waals surface area (Å²) >= 11 is 0. The number of esters is 2. The van der Waals surface area contributed by atoms with E-state index in [1.54, 1.807) is 44.2 Å². The summed E-state index contributed by atoms with van der Waals surface area (Å²) in [7, 11) is 0. The van der Waals surface area contributed by atoms with Crippen molar-refractivity contribution in [3.05, 3.63) is 41.6 Å². The van der Waals surface area contributed by atoms with E-state index in [2.05, 4.69) is 5.32 Å². The molecule has 1 rings (SSSR count). The summed E-state index contributed by atoms with van der Waals surface area (Å²) in [4.78, 5) is 23.0. The van der Waals surface area contributed by atoms with Gasteiger partial charge in [0.25, 0.3) is 0 Å². The lowest BCUT2D eigenvalue weighted by Crippen LogP contribution is -2.08. The van der Waals surface area contributed by atoms with Crippen LogP contribution in [0.1, 0.15) is 24.2 Å². The Morgan fingerprint density at radius 1 is 1.29 bits per heavy atom. The molecule has 0 atom stereocenters. The average Bonchev–Trinajstić information content (AvgIpc) is 2.49. The fraction of sp³-hybridized carbons (Fsp3) is 0.267. The van der Waals surface area contributed by atoms with E-state index < -0.39 is 11.9 Å². The van der Waals surface area contributed by atoms with Gasteiger partial charge < -0.3 is 14.8 Å². The van der Waals surface area contributed by atoms with E-state index in [1.165, 1.54) is 6.20 Å². The van der Waals surface area contributed by atoms with Gasteiger partial charge in [-0.15, -0.1) is 0 Å². The first-order chi connectivity index (χ1) is 10.1. The Morgan fingerprint density at radius 2 is 2.00 bits per heavy atom. The van der Waals surface area contributed by atoms with Crippen LogP contribution in [0.2, 0.25) is 0 Å². The van der Waals surface area contributed by atoms with Crippen LogP contribution in [0.4, 0.5) is 5.69 Å². The normalized spacial score (nSPS) is 10.4. The van der Waals surface area contributed by atoms with Crippen molar-refractivity contribution in [2.45, 2.75) is 13.8 Å². The molecular weight excluding hydrogens is 272 g/mol. The Bertz CT molecular complexity index is 588.